The van der Waals surface area contributed by atoms with Crippen LogP contribution in [-0.2, 0) is 4.74 Å². The zero-order valence-electron chi connectivity index (χ0n) is 9.18. The van der Waals surface area contributed by atoms with Crippen LogP contribution in [0, 0.1) is 0 Å². The Balaban J connectivity index is 2.32. The predicted molar refractivity (Wildman–Crippen MR) is 61.7 cm³/mol. The average molecular weight is 204 g/mol. The van der Waals surface area contributed by atoms with E-state index in [1.54, 1.807) is 0 Å². The molecule has 0 aromatic carbocycles. The van der Waals surface area contributed by atoms with Gasteiger partial charge in [0.1, 0.15) is 5.82 Å². The summed E-state index contributed by atoms with van der Waals surface area (Å²) >= 11 is 0. The molecule has 0 bridgehead atoms. The Hall–Kier alpha value is -1.35. The lowest BCUT2D eigenvalue weighted by Crippen LogP contribution is -2.38. The second-order valence-corrected chi connectivity index (χ2v) is 3.41. The molecule has 0 unspecified atom stereocenters. The van der Waals surface area contributed by atoms with Gasteiger partial charge in [-0.25, -0.2) is 4.98 Å². The number of hydrogen-bond acceptors (Lipinski definition) is 3. The van der Waals surface area contributed by atoms with Crippen molar-refractivity contribution >= 4 is 11.9 Å². The number of fused-ring (bicyclic) bond motifs is 1. The summed E-state index contributed by atoms with van der Waals surface area (Å²) in [6.07, 6.45) is 6.01. The minimum absolute atomic E-state index is 0.0300. The quantitative estimate of drug-likeness (QED) is 0.755. The maximum absolute atomic E-state index is 5.64. The molecule has 1 aliphatic rings. The Labute approximate surface area is 90.4 Å². The SMILES string of the molecule is CCO[C@@H]1C=Cc2cccnc2N1CC. The number of anilines is 1. The molecule has 1 aromatic rings. The largest absolute Gasteiger partial charge is 0.355 e. The molecule has 1 aliphatic heterocycles. The minimum Gasteiger partial charge on any atom is -0.355 e. The number of rotatable bonds is 3. The Morgan fingerprint density at radius 1 is 1.47 bits per heavy atom. The second-order valence-electron chi connectivity index (χ2n) is 3.41. The van der Waals surface area contributed by atoms with Gasteiger partial charge in [0.25, 0.3) is 0 Å². The lowest BCUT2D eigenvalue weighted by atomic mass is 10.1. The van der Waals surface area contributed by atoms with Crippen LogP contribution >= 0.6 is 0 Å². The van der Waals surface area contributed by atoms with Crippen LogP contribution in [0.3, 0.4) is 0 Å². The van der Waals surface area contributed by atoms with E-state index in [4.69, 9.17) is 4.74 Å². The van der Waals surface area contributed by atoms with Gasteiger partial charge in [0, 0.05) is 24.9 Å². The third-order valence-electron chi connectivity index (χ3n) is 2.51. The van der Waals surface area contributed by atoms with E-state index in [0.29, 0.717) is 6.61 Å². The normalized spacial score (nSPS) is 19.1. The average Bonchev–Trinajstić information content (AvgIpc) is 2.29. The molecule has 0 fully saturated rings. The number of nitrogens with zero attached hydrogens (tertiary/aromatic N) is 2. The van der Waals surface area contributed by atoms with Crippen molar-refractivity contribution in [1.82, 2.24) is 4.98 Å². The number of aromatic nitrogens is 1. The third-order valence-corrected chi connectivity index (χ3v) is 2.51. The highest BCUT2D eigenvalue weighted by molar-refractivity contribution is 5.68. The highest BCUT2D eigenvalue weighted by Gasteiger charge is 2.21. The maximum Gasteiger partial charge on any atom is 0.150 e. The van der Waals surface area contributed by atoms with Gasteiger partial charge in [-0.2, -0.15) is 0 Å². The van der Waals surface area contributed by atoms with Crippen molar-refractivity contribution in [3.05, 3.63) is 30.0 Å². The van der Waals surface area contributed by atoms with Gasteiger partial charge in [-0.05, 0) is 32.1 Å². The Morgan fingerprint density at radius 2 is 2.33 bits per heavy atom. The molecule has 0 N–H and O–H groups in total. The van der Waals surface area contributed by atoms with Crippen molar-refractivity contribution in [1.29, 1.82) is 0 Å². The molecule has 1 aromatic heterocycles. The van der Waals surface area contributed by atoms with E-state index in [-0.39, 0.29) is 6.23 Å². The van der Waals surface area contributed by atoms with E-state index < -0.39 is 0 Å². The molecular formula is C12H16N2O. The Morgan fingerprint density at radius 3 is 3.07 bits per heavy atom. The molecule has 3 heteroatoms. The first-order chi connectivity index (χ1) is 7.36. The molecule has 0 saturated carbocycles. The van der Waals surface area contributed by atoms with Crippen LogP contribution in [0.2, 0.25) is 0 Å². The maximum atomic E-state index is 5.64. The molecule has 3 nitrogen and oxygen atoms in total. The number of hydrogen-bond donors (Lipinski definition) is 0. The summed E-state index contributed by atoms with van der Waals surface area (Å²) in [5.74, 6) is 1.01. The van der Waals surface area contributed by atoms with Gasteiger partial charge in [0.2, 0.25) is 0 Å². The fraction of sp³-hybridized carbons (Fsp3) is 0.417. The van der Waals surface area contributed by atoms with Gasteiger partial charge in [-0.15, -0.1) is 0 Å². The molecule has 80 valence electrons. The summed E-state index contributed by atoms with van der Waals surface area (Å²) < 4.78 is 5.64. The lowest BCUT2D eigenvalue weighted by molar-refractivity contribution is 0.0932. The zero-order chi connectivity index (χ0) is 10.7. The fourth-order valence-corrected chi connectivity index (χ4v) is 1.84. The van der Waals surface area contributed by atoms with Gasteiger partial charge in [0.15, 0.2) is 6.23 Å². The zero-order valence-corrected chi connectivity index (χ0v) is 9.18. The van der Waals surface area contributed by atoms with Crippen molar-refractivity contribution in [2.75, 3.05) is 18.1 Å². The topological polar surface area (TPSA) is 25.4 Å². The summed E-state index contributed by atoms with van der Waals surface area (Å²) in [5.41, 5.74) is 1.16. The standard InChI is InChI=1S/C12H16N2O/c1-3-14-11(15-4-2)8-7-10-6-5-9-13-12(10)14/h5-9,11H,3-4H2,1-2H3/t11-/m1/s1. The molecule has 0 amide bonds. The smallest absolute Gasteiger partial charge is 0.150 e. The van der Waals surface area contributed by atoms with Crippen LogP contribution in [-0.4, -0.2) is 24.4 Å². The highest BCUT2D eigenvalue weighted by Crippen LogP contribution is 2.26. The summed E-state index contributed by atoms with van der Waals surface area (Å²) in [4.78, 5) is 6.56. The summed E-state index contributed by atoms with van der Waals surface area (Å²) in [5, 5.41) is 0. The predicted octanol–water partition coefficient (Wildman–Crippen LogP) is 2.30. The van der Waals surface area contributed by atoms with Crippen molar-refractivity contribution in [3.8, 4) is 0 Å². The Kier molecular flexibility index (Phi) is 3.02. The lowest BCUT2D eigenvalue weighted by Gasteiger charge is -2.33. The van der Waals surface area contributed by atoms with Crippen molar-refractivity contribution in [2.24, 2.45) is 0 Å². The monoisotopic (exact) mass is 204 g/mol. The molecular weight excluding hydrogens is 188 g/mol. The van der Waals surface area contributed by atoms with Crippen LogP contribution in [0.1, 0.15) is 19.4 Å². The van der Waals surface area contributed by atoms with E-state index in [0.717, 1.165) is 17.9 Å². The fourth-order valence-electron chi connectivity index (χ4n) is 1.84. The first-order valence-electron chi connectivity index (χ1n) is 5.38. The van der Waals surface area contributed by atoms with Gasteiger partial charge in [0.05, 0.1) is 0 Å². The van der Waals surface area contributed by atoms with Crippen molar-refractivity contribution in [3.63, 3.8) is 0 Å². The van der Waals surface area contributed by atoms with E-state index in [1.165, 1.54) is 0 Å². The highest BCUT2D eigenvalue weighted by atomic mass is 16.5. The van der Waals surface area contributed by atoms with E-state index in [1.807, 2.05) is 19.2 Å². The van der Waals surface area contributed by atoms with Crippen LogP contribution in [0.5, 0.6) is 0 Å². The van der Waals surface area contributed by atoms with E-state index in [2.05, 4.69) is 35.0 Å². The van der Waals surface area contributed by atoms with Gasteiger partial charge in [-0.3, -0.25) is 0 Å². The van der Waals surface area contributed by atoms with Crippen LogP contribution in [0.25, 0.3) is 6.08 Å². The first kappa shape index (κ1) is 10.2. The molecule has 0 spiro atoms. The molecule has 1 atom stereocenters. The Bertz CT molecular complexity index is 362. The minimum atomic E-state index is 0.0300. The van der Waals surface area contributed by atoms with E-state index in [9.17, 15) is 0 Å². The summed E-state index contributed by atoms with van der Waals surface area (Å²) in [6.45, 7) is 5.74. The number of ether oxygens (including phenoxy) is 1. The van der Waals surface area contributed by atoms with Gasteiger partial charge < -0.3 is 9.64 Å². The third kappa shape index (κ3) is 1.88. The van der Waals surface area contributed by atoms with E-state index >= 15 is 0 Å². The molecule has 15 heavy (non-hydrogen) atoms. The van der Waals surface area contributed by atoms with Gasteiger partial charge >= 0.3 is 0 Å². The number of likely N-dealkylation sites (N-methyl/N-ethyl adjacent to an activating group) is 1. The van der Waals surface area contributed by atoms with Crippen LogP contribution < -0.4 is 4.90 Å². The molecule has 2 heterocycles. The van der Waals surface area contributed by atoms with Crippen molar-refractivity contribution in [2.45, 2.75) is 20.1 Å². The summed E-state index contributed by atoms with van der Waals surface area (Å²) in [7, 11) is 0. The molecule has 2 rings (SSSR count). The molecule has 0 aliphatic carbocycles. The molecule has 0 radical (unpaired) electrons. The van der Waals surface area contributed by atoms with Gasteiger partial charge in [-0.1, -0.05) is 6.08 Å². The molecule has 0 saturated heterocycles. The number of pyridine rings is 1. The second kappa shape index (κ2) is 4.45. The van der Waals surface area contributed by atoms with Crippen LogP contribution in [0.15, 0.2) is 24.4 Å². The van der Waals surface area contributed by atoms with Crippen molar-refractivity contribution < 1.29 is 4.74 Å². The first-order valence-corrected chi connectivity index (χ1v) is 5.38. The summed E-state index contributed by atoms with van der Waals surface area (Å²) in [6, 6.07) is 4.03. The van der Waals surface area contributed by atoms with Crippen LogP contribution in [0.4, 0.5) is 5.82 Å².